The van der Waals surface area contributed by atoms with Crippen molar-refractivity contribution in [1.29, 1.82) is 0 Å². The van der Waals surface area contributed by atoms with Crippen molar-refractivity contribution in [3.05, 3.63) is 71.4 Å². The molecule has 0 saturated carbocycles. The molecule has 17 heavy (non-hydrogen) atoms. The van der Waals surface area contributed by atoms with Crippen LogP contribution in [0.15, 0.2) is 60.3 Å². The minimum Gasteiger partial charge on any atom is -0.0927 e. The largest absolute Gasteiger partial charge is 0.111 e. The summed E-state index contributed by atoms with van der Waals surface area (Å²) >= 11 is 0. The summed E-state index contributed by atoms with van der Waals surface area (Å²) in [6.45, 7) is 2.20. The maximum atomic E-state index is 2.27. The smallest absolute Gasteiger partial charge is 0.0927 e. The van der Waals surface area contributed by atoms with Gasteiger partial charge in [0.05, 0.1) is 0 Å². The van der Waals surface area contributed by atoms with E-state index in [2.05, 4.69) is 73.3 Å². The van der Waals surface area contributed by atoms with Crippen molar-refractivity contribution in [3.63, 3.8) is 0 Å². The Balaban J connectivity index is 2.06. The van der Waals surface area contributed by atoms with Crippen LogP contribution in [0.3, 0.4) is 0 Å². The highest BCUT2D eigenvalue weighted by molar-refractivity contribution is 6.59. The zero-order valence-electron chi connectivity index (χ0n) is 10.1. The van der Waals surface area contributed by atoms with E-state index in [1.54, 1.807) is 0 Å². The monoisotopic (exact) mass is 236 g/mol. The fraction of sp³-hybridized carbons (Fsp3) is 0.125. The van der Waals surface area contributed by atoms with Crippen LogP contribution >= 0.6 is 0 Å². The van der Waals surface area contributed by atoms with Crippen molar-refractivity contribution < 1.29 is 0 Å². The van der Waals surface area contributed by atoms with E-state index in [1.165, 1.54) is 16.3 Å². The molecule has 0 amide bonds. The lowest BCUT2D eigenvalue weighted by Gasteiger charge is -2.01. The number of aryl methyl sites for hydroxylation is 1. The van der Waals surface area contributed by atoms with Crippen molar-refractivity contribution in [1.82, 2.24) is 0 Å². The van der Waals surface area contributed by atoms with Gasteiger partial charge in [-0.2, -0.15) is 0 Å². The third-order valence-corrected chi connectivity index (χ3v) is 3.72. The molecule has 1 heteroatoms. The number of hydrogen-bond acceptors (Lipinski definition) is 0. The molecule has 0 atom stereocenters. The summed E-state index contributed by atoms with van der Waals surface area (Å²) in [7, 11) is 0.747. The second-order valence-corrected chi connectivity index (χ2v) is 5.10. The van der Waals surface area contributed by atoms with Crippen LogP contribution in [0.2, 0.25) is 0 Å². The second kappa shape index (κ2) is 6.21. The second-order valence-electron chi connectivity index (χ2n) is 3.90. The molecule has 0 fully saturated rings. The zero-order chi connectivity index (χ0) is 11.9. The van der Waals surface area contributed by atoms with Crippen LogP contribution in [0.25, 0.3) is 6.08 Å². The molecule has 0 saturated heterocycles. The van der Waals surface area contributed by atoms with E-state index < -0.39 is 0 Å². The van der Waals surface area contributed by atoms with Crippen LogP contribution < -0.4 is 5.19 Å². The van der Waals surface area contributed by atoms with Gasteiger partial charge in [-0.3, -0.25) is 0 Å². The average molecular weight is 236 g/mol. The van der Waals surface area contributed by atoms with Crippen LogP contribution in [0.4, 0.5) is 0 Å². The molecule has 2 rings (SSSR count). The first-order valence-corrected chi connectivity index (χ1v) is 7.04. The summed E-state index contributed by atoms with van der Waals surface area (Å²) in [4.78, 5) is 0. The van der Waals surface area contributed by atoms with Gasteiger partial charge < -0.3 is 0 Å². The SMILES string of the molecule is CCc1ccccc1/C=C/[Si]c1ccccc1. The van der Waals surface area contributed by atoms with Crippen molar-refractivity contribution in [2.45, 2.75) is 13.3 Å². The Morgan fingerprint density at radius 1 is 0.941 bits per heavy atom. The Kier molecular flexibility index (Phi) is 4.34. The van der Waals surface area contributed by atoms with Crippen molar-refractivity contribution in [3.8, 4) is 0 Å². The molecule has 0 bridgehead atoms. The molecule has 0 aromatic heterocycles. The summed E-state index contributed by atoms with van der Waals surface area (Å²) < 4.78 is 0. The standard InChI is InChI=1S/C16H16Si/c1-2-14-8-6-7-9-15(14)12-13-17-16-10-4-3-5-11-16/h3-13H,2H2,1H3/b13-12+. The summed E-state index contributed by atoms with van der Waals surface area (Å²) in [5, 5.41) is 1.39. The van der Waals surface area contributed by atoms with Crippen molar-refractivity contribution in [2.24, 2.45) is 0 Å². The molecule has 0 unspecified atom stereocenters. The molecule has 84 valence electrons. The highest BCUT2D eigenvalue weighted by Crippen LogP contribution is 2.10. The predicted octanol–water partition coefficient (Wildman–Crippen LogP) is 3.25. The Morgan fingerprint density at radius 2 is 1.65 bits per heavy atom. The highest BCUT2D eigenvalue weighted by atomic mass is 28.2. The van der Waals surface area contributed by atoms with Crippen molar-refractivity contribution >= 4 is 20.8 Å². The summed E-state index contributed by atoms with van der Waals surface area (Å²) in [5.41, 5.74) is 5.03. The average Bonchev–Trinajstić information content (AvgIpc) is 2.40. The molecular formula is C16H16Si. The lowest BCUT2D eigenvalue weighted by molar-refractivity contribution is 1.13. The van der Waals surface area contributed by atoms with E-state index in [9.17, 15) is 0 Å². The van der Waals surface area contributed by atoms with Crippen LogP contribution in [0, 0.1) is 0 Å². The minimum absolute atomic E-state index is 0.747. The number of benzene rings is 2. The normalized spacial score (nSPS) is 10.9. The van der Waals surface area contributed by atoms with Gasteiger partial charge >= 0.3 is 0 Å². The first-order valence-electron chi connectivity index (χ1n) is 5.96. The fourth-order valence-corrected chi connectivity index (χ4v) is 2.62. The van der Waals surface area contributed by atoms with E-state index in [0.717, 1.165) is 15.9 Å². The topological polar surface area (TPSA) is 0 Å². The van der Waals surface area contributed by atoms with Gasteiger partial charge in [0, 0.05) is 0 Å². The molecule has 0 aliphatic rings. The molecule has 0 spiro atoms. The van der Waals surface area contributed by atoms with Crippen LogP contribution in [0.5, 0.6) is 0 Å². The zero-order valence-corrected chi connectivity index (χ0v) is 11.1. The maximum absolute atomic E-state index is 2.27. The van der Waals surface area contributed by atoms with Gasteiger partial charge in [-0.1, -0.05) is 78.5 Å². The molecule has 2 radical (unpaired) electrons. The lowest BCUT2D eigenvalue weighted by atomic mass is 10.1. The van der Waals surface area contributed by atoms with E-state index in [4.69, 9.17) is 0 Å². The summed E-state index contributed by atoms with van der Waals surface area (Å²) in [6.07, 6.45) is 3.33. The summed E-state index contributed by atoms with van der Waals surface area (Å²) in [6, 6.07) is 19.2. The Bertz CT molecular complexity index is 486. The molecule has 0 N–H and O–H groups in total. The molecule has 0 aliphatic carbocycles. The van der Waals surface area contributed by atoms with Crippen LogP contribution in [-0.4, -0.2) is 9.52 Å². The molecule has 0 nitrogen and oxygen atoms in total. The van der Waals surface area contributed by atoms with Crippen LogP contribution in [-0.2, 0) is 6.42 Å². The molecular weight excluding hydrogens is 220 g/mol. The number of rotatable bonds is 4. The number of hydrogen-bond donors (Lipinski definition) is 0. The minimum atomic E-state index is 0.747. The molecule has 0 aliphatic heterocycles. The van der Waals surface area contributed by atoms with Gasteiger partial charge in [-0.25, -0.2) is 0 Å². The Labute approximate surface area is 106 Å². The van der Waals surface area contributed by atoms with E-state index in [-0.39, 0.29) is 0 Å². The van der Waals surface area contributed by atoms with Gasteiger partial charge in [-0.05, 0) is 17.5 Å². The third-order valence-electron chi connectivity index (χ3n) is 2.72. The predicted molar refractivity (Wildman–Crippen MR) is 76.7 cm³/mol. The van der Waals surface area contributed by atoms with Gasteiger partial charge in [0.2, 0.25) is 0 Å². The van der Waals surface area contributed by atoms with E-state index in [1.807, 2.05) is 0 Å². The molecule has 0 heterocycles. The van der Waals surface area contributed by atoms with Gasteiger partial charge in [0.25, 0.3) is 0 Å². The first kappa shape index (κ1) is 11.9. The highest BCUT2D eigenvalue weighted by Gasteiger charge is 1.95. The first-order chi connectivity index (χ1) is 8.40. The Morgan fingerprint density at radius 3 is 2.41 bits per heavy atom. The van der Waals surface area contributed by atoms with Gasteiger partial charge in [-0.15, -0.1) is 0 Å². The molecule has 2 aromatic rings. The third kappa shape index (κ3) is 3.43. The van der Waals surface area contributed by atoms with Gasteiger partial charge in [0.1, 0.15) is 9.52 Å². The lowest BCUT2D eigenvalue weighted by Crippen LogP contribution is -2.10. The fourth-order valence-electron chi connectivity index (χ4n) is 1.78. The van der Waals surface area contributed by atoms with Crippen LogP contribution in [0.1, 0.15) is 18.1 Å². The van der Waals surface area contributed by atoms with Gasteiger partial charge in [0.15, 0.2) is 0 Å². The van der Waals surface area contributed by atoms with E-state index in [0.29, 0.717) is 0 Å². The van der Waals surface area contributed by atoms with Crippen molar-refractivity contribution in [2.75, 3.05) is 0 Å². The Hall–Kier alpha value is -1.60. The van der Waals surface area contributed by atoms with E-state index >= 15 is 0 Å². The maximum Gasteiger partial charge on any atom is 0.111 e. The molecule has 2 aromatic carbocycles. The summed E-state index contributed by atoms with van der Waals surface area (Å²) in [5.74, 6) is 0. The quantitative estimate of drug-likeness (QED) is 0.715.